The first-order chi connectivity index (χ1) is 11.1. The van der Waals surface area contributed by atoms with E-state index in [1.165, 1.54) is 19.3 Å². The fourth-order valence-corrected chi connectivity index (χ4v) is 2.27. The molecule has 0 spiro atoms. The lowest BCUT2D eigenvalue weighted by Gasteiger charge is -2.00. The molecule has 0 unspecified atom stereocenters. The van der Waals surface area contributed by atoms with E-state index in [-0.39, 0.29) is 5.97 Å². The molecule has 0 aliphatic carbocycles. The summed E-state index contributed by atoms with van der Waals surface area (Å²) in [7, 11) is 1.39. The first-order valence-electron chi connectivity index (χ1n) is 8.90. The molecular weight excluding hydrogens is 298 g/mol. The first kappa shape index (κ1) is 21.8. The lowest BCUT2D eigenvalue weighted by molar-refractivity contribution is -0.140. The van der Waals surface area contributed by atoms with Gasteiger partial charge in [-0.1, -0.05) is 45.4 Å². The van der Waals surface area contributed by atoms with Crippen LogP contribution >= 0.6 is 0 Å². The SMILES string of the molecule is CCCCCC/C=C(F)/C(F)=C/CCCCCCCC(=O)OC. The number of ether oxygens (including phenoxy) is 1. The van der Waals surface area contributed by atoms with E-state index in [1.54, 1.807) is 0 Å². The molecule has 4 heteroatoms. The van der Waals surface area contributed by atoms with Gasteiger partial charge in [0.1, 0.15) is 0 Å². The molecule has 0 aromatic heterocycles. The van der Waals surface area contributed by atoms with E-state index in [0.717, 1.165) is 57.8 Å². The molecule has 0 aliphatic rings. The minimum Gasteiger partial charge on any atom is -0.469 e. The third-order valence-corrected chi connectivity index (χ3v) is 3.75. The normalized spacial score (nSPS) is 12.5. The average Bonchev–Trinajstić information content (AvgIpc) is 2.56. The number of hydrogen-bond donors (Lipinski definition) is 0. The number of allylic oxidation sites excluding steroid dienone is 4. The largest absolute Gasteiger partial charge is 0.469 e. The summed E-state index contributed by atoms with van der Waals surface area (Å²) in [5.41, 5.74) is 0. The molecule has 0 rings (SSSR count). The number of hydrogen-bond acceptors (Lipinski definition) is 2. The van der Waals surface area contributed by atoms with Crippen LogP contribution in [0.15, 0.2) is 23.8 Å². The molecule has 23 heavy (non-hydrogen) atoms. The standard InChI is InChI=1S/C19H32F2O2/c1-3-4-5-8-11-14-17(20)18(21)15-12-9-6-7-10-13-16-19(22)23-2/h14-15H,3-13,16H2,1-2H3/b17-14-,18-15-. The molecule has 0 heterocycles. The highest BCUT2D eigenvalue weighted by Crippen LogP contribution is 2.17. The van der Waals surface area contributed by atoms with Gasteiger partial charge in [-0.2, -0.15) is 0 Å². The summed E-state index contributed by atoms with van der Waals surface area (Å²) < 4.78 is 31.5. The predicted octanol–water partition coefficient (Wildman–Crippen LogP) is 6.57. The van der Waals surface area contributed by atoms with E-state index in [4.69, 9.17) is 0 Å². The Morgan fingerprint density at radius 1 is 0.826 bits per heavy atom. The highest BCUT2D eigenvalue weighted by molar-refractivity contribution is 5.68. The molecular formula is C19H32F2O2. The number of carbonyl (C=O) groups excluding carboxylic acids is 1. The second-order valence-corrected chi connectivity index (χ2v) is 5.84. The van der Waals surface area contributed by atoms with Crippen LogP contribution in [0.1, 0.15) is 84.0 Å². The second-order valence-electron chi connectivity index (χ2n) is 5.84. The fourth-order valence-electron chi connectivity index (χ4n) is 2.27. The summed E-state index contributed by atoms with van der Waals surface area (Å²) in [5, 5.41) is 0. The molecule has 0 bridgehead atoms. The minimum atomic E-state index is -0.730. The zero-order valence-electron chi connectivity index (χ0n) is 14.7. The zero-order valence-corrected chi connectivity index (χ0v) is 14.7. The Hall–Kier alpha value is -1.19. The molecule has 0 aliphatic heterocycles. The van der Waals surface area contributed by atoms with Crippen molar-refractivity contribution >= 4 is 5.97 Å². The van der Waals surface area contributed by atoms with Gasteiger partial charge in [0.25, 0.3) is 0 Å². The topological polar surface area (TPSA) is 26.3 Å². The fraction of sp³-hybridized carbons (Fsp3) is 0.737. The van der Waals surface area contributed by atoms with Crippen LogP contribution in [-0.2, 0) is 9.53 Å². The van der Waals surface area contributed by atoms with Crippen molar-refractivity contribution in [3.8, 4) is 0 Å². The van der Waals surface area contributed by atoms with E-state index in [0.29, 0.717) is 19.3 Å². The van der Waals surface area contributed by atoms with Crippen LogP contribution in [0.4, 0.5) is 8.78 Å². The number of rotatable bonds is 14. The van der Waals surface area contributed by atoms with Gasteiger partial charge in [-0.25, -0.2) is 8.78 Å². The van der Waals surface area contributed by atoms with Gasteiger partial charge in [0, 0.05) is 6.42 Å². The molecule has 0 saturated heterocycles. The summed E-state index contributed by atoms with van der Waals surface area (Å²) in [4.78, 5) is 10.9. The lowest BCUT2D eigenvalue weighted by atomic mass is 10.1. The number of halogens is 2. The third kappa shape index (κ3) is 14.2. The van der Waals surface area contributed by atoms with Crippen LogP contribution in [0.25, 0.3) is 0 Å². The number of methoxy groups -OCH3 is 1. The summed E-state index contributed by atoms with van der Waals surface area (Å²) in [5.74, 6) is -1.63. The van der Waals surface area contributed by atoms with Crippen LogP contribution in [0.2, 0.25) is 0 Å². The third-order valence-electron chi connectivity index (χ3n) is 3.75. The van der Waals surface area contributed by atoms with Crippen molar-refractivity contribution in [3.05, 3.63) is 23.8 Å². The number of unbranched alkanes of at least 4 members (excludes halogenated alkanes) is 9. The van der Waals surface area contributed by atoms with Gasteiger partial charge in [-0.05, 0) is 44.3 Å². The van der Waals surface area contributed by atoms with Gasteiger partial charge in [-0.3, -0.25) is 4.79 Å². The van der Waals surface area contributed by atoms with Gasteiger partial charge >= 0.3 is 5.97 Å². The Balaban J connectivity index is 3.64. The van der Waals surface area contributed by atoms with E-state index >= 15 is 0 Å². The van der Waals surface area contributed by atoms with Crippen LogP contribution in [-0.4, -0.2) is 13.1 Å². The maximum absolute atomic E-state index is 13.5. The highest BCUT2D eigenvalue weighted by Gasteiger charge is 2.02. The molecule has 2 nitrogen and oxygen atoms in total. The van der Waals surface area contributed by atoms with Crippen molar-refractivity contribution in [2.24, 2.45) is 0 Å². The van der Waals surface area contributed by atoms with E-state index in [1.807, 2.05) is 0 Å². The molecule has 0 atom stereocenters. The smallest absolute Gasteiger partial charge is 0.305 e. The Bertz CT molecular complexity index is 362. The predicted molar refractivity (Wildman–Crippen MR) is 91.5 cm³/mol. The Labute approximate surface area is 140 Å². The molecule has 0 aromatic carbocycles. The van der Waals surface area contributed by atoms with Crippen LogP contribution < -0.4 is 0 Å². The quantitative estimate of drug-likeness (QED) is 0.205. The maximum Gasteiger partial charge on any atom is 0.305 e. The molecule has 0 fully saturated rings. The van der Waals surface area contributed by atoms with E-state index < -0.39 is 11.7 Å². The highest BCUT2D eigenvalue weighted by atomic mass is 19.2. The molecule has 134 valence electrons. The van der Waals surface area contributed by atoms with Crippen molar-refractivity contribution in [2.75, 3.05) is 7.11 Å². The zero-order chi connectivity index (χ0) is 17.3. The van der Waals surface area contributed by atoms with Crippen molar-refractivity contribution in [2.45, 2.75) is 84.0 Å². The Morgan fingerprint density at radius 3 is 1.83 bits per heavy atom. The monoisotopic (exact) mass is 330 g/mol. The maximum atomic E-state index is 13.5. The van der Waals surface area contributed by atoms with E-state index in [2.05, 4.69) is 11.7 Å². The van der Waals surface area contributed by atoms with Gasteiger partial charge in [0.15, 0.2) is 11.7 Å². The van der Waals surface area contributed by atoms with Gasteiger partial charge in [-0.15, -0.1) is 0 Å². The lowest BCUT2D eigenvalue weighted by Crippen LogP contribution is -1.99. The van der Waals surface area contributed by atoms with E-state index in [9.17, 15) is 13.6 Å². The Morgan fingerprint density at radius 2 is 1.30 bits per heavy atom. The van der Waals surface area contributed by atoms with Gasteiger partial charge in [0.05, 0.1) is 7.11 Å². The van der Waals surface area contributed by atoms with Gasteiger partial charge in [0.2, 0.25) is 0 Å². The summed E-state index contributed by atoms with van der Waals surface area (Å²) in [6, 6.07) is 0. The first-order valence-corrected chi connectivity index (χ1v) is 8.90. The van der Waals surface area contributed by atoms with Crippen molar-refractivity contribution in [3.63, 3.8) is 0 Å². The van der Waals surface area contributed by atoms with Crippen molar-refractivity contribution < 1.29 is 18.3 Å². The van der Waals surface area contributed by atoms with Gasteiger partial charge < -0.3 is 4.74 Å². The summed E-state index contributed by atoms with van der Waals surface area (Å²) in [6.07, 6.45) is 13.2. The molecule has 0 radical (unpaired) electrons. The van der Waals surface area contributed by atoms with Crippen molar-refractivity contribution in [1.82, 2.24) is 0 Å². The molecule has 0 N–H and O–H groups in total. The van der Waals surface area contributed by atoms with Crippen LogP contribution in [0.3, 0.4) is 0 Å². The second kappa shape index (κ2) is 15.7. The average molecular weight is 330 g/mol. The number of esters is 1. The summed E-state index contributed by atoms with van der Waals surface area (Å²) in [6.45, 7) is 2.12. The molecule has 0 amide bonds. The minimum absolute atomic E-state index is 0.174. The van der Waals surface area contributed by atoms with Crippen LogP contribution in [0, 0.1) is 0 Å². The Kier molecular flexibility index (Phi) is 14.9. The summed E-state index contributed by atoms with van der Waals surface area (Å²) >= 11 is 0. The molecule has 0 aromatic rings. The number of carbonyl (C=O) groups is 1. The van der Waals surface area contributed by atoms with Crippen LogP contribution in [0.5, 0.6) is 0 Å². The molecule has 0 saturated carbocycles. The van der Waals surface area contributed by atoms with Crippen molar-refractivity contribution in [1.29, 1.82) is 0 Å².